The Hall–Kier alpha value is -0.290. The lowest BCUT2D eigenvalue weighted by Crippen LogP contribution is -2.13. The molecule has 1 N–H and O–H groups in total. The maximum atomic E-state index is 5.70. The lowest BCUT2D eigenvalue weighted by atomic mass is 10.2. The molecule has 0 saturated carbocycles. The largest absolute Gasteiger partial charge is 0.493 e. The number of nitrogens with one attached hydrogen (secondary N) is 1. The molecule has 0 radical (unpaired) electrons. The summed E-state index contributed by atoms with van der Waals surface area (Å²) in [5.74, 6) is 1.01. The van der Waals surface area contributed by atoms with Gasteiger partial charge in [0.15, 0.2) is 0 Å². The Balaban J connectivity index is 2.73. The van der Waals surface area contributed by atoms with Gasteiger partial charge in [-0.2, -0.15) is 0 Å². The maximum absolute atomic E-state index is 5.70. The van der Waals surface area contributed by atoms with E-state index >= 15 is 0 Å². The summed E-state index contributed by atoms with van der Waals surface area (Å²) in [7, 11) is 0. The van der Waals surface area contributed by atoms with Gasteiger partial charge in [0.2, 0.25) is 0 Å². The fraction of sp³-hybridized carbons (Fsp3) is 0.500. The summed E-state index contributed by atoms with van der Waals surface area (Å²) in [6.45, 7) is 6.89. The van der Waals surface area contributed by atoms with Crippen LogP contribution in [0.2, 0.25) is 0 Å². The van der Waals surface area contributed by atoms with Gasteiger partial charge in [0.25, 0.3) is 0 Å². The van der Waals surface area contributed by atoms with Crippen LogP contribution in [0.4, 0.5) is 0 Å². The molecule has 0 bridgehead atoms. The van der Waals surface area contributed by atoms with Crippen molar-refractivity contribution in [3.05, 3.63) is 27.3 Å². The second kappa shape index (κ2) is 7.06. The van der Waals surface area contributed by atoms with Crippen LogP contribution >= 0.6 is 22.6 Å². The van der Waals surface area contributed by atoms with Gasteiger partial charge in [-0.15, -0.1) is 0 Å². The second-order valence-corrected chi connectivity index (χ2v) is 4.63. The highest BCUT2D eigenvalue weighted by Crippen LogP contribution is 2.21. The van der Waals surface area contributed by atoms with Crippen LogP contribution in [-0.2, 0) is 6.54 Å². The van der Waals surface area contributed by atoms with E-state index in [4.69, 9.17) is 4.74 Å². The van der Waals surface area contributed by atoms with E-state index in [1.807, 2.05) is 0 Å². The molecule has 0 aromatic heterocycles. The molecular weight excluding hydrogens is 301 g/mol. The predicted molar refractivity (Wildman–Crippen MR) is 72.3 cm³/mol. The third-order valence-corrected chi connectivity index (χ3v) is 2.72. The van der Waals surface area contributed by atoms with Gasteiger partial charge in [-0.1, -0.05) is 13.8 Å². The zero-order valence-corrected chi connectivity index (χ0v) is 11.5. The molecule has 0 heterocycles. The van der Waals surface area contributed by atoms with E-state index in [0.29, 0.717) is 0 Å². The zero-order valence-electron chi connectivity index (χ0n) is 9.35. The summed E-state index contributed by atoms with van der Waals surface area (Å²) in [6.07, 6.45) is 1.05. The van der Waals surface area contributed by atoms with Crippen LogP contribution in [0.25, 0.3) is 0 Å². The van der Waals surface area contributed by atoms with E-state index in [0.717, 1.165) is 31.9 Å². The summed E-state index contributed by atoms with van der Waals surface area (Å²) >= 11 is 2.33. The summed E-state index contributed by atoms with van der Waals surface area (Å²) in [4.78, 5) is 0. The highest BCUT2D eigenvalue weighted by Gasteiger charge is 2.03. The van der Waals surface area contributed by atoms with Crippen LogP contribution in [-0.4, -0.2) is 13.2 Å². The molecule has 1 rings (SSSR count). The number of halogens is 1. The Morgan fingerprint density at radius 3 is 2.80 bits per heavy atom. The molecular formula is C12H18INO. The van der Waals surface area contributed by atoms with Crippen LogP contribution in [0.5, 0.6) is 5.75 Å². The van der Waals surface area contributed by atoms with Gasteiger partial charge >= 0.3 is 0 Å². The number of benzene rings is 1. The molecule has 0 unspecified atom stereocenters. The molecule has 2 nitrogen and oxygen atoms in total. The molecule has 0 fully saturated rings. The standard InChI is InChI=1S/C12H18INO/c1-3-7-15-12-6-5-11(13)8-10(12)9-14-4-2/h5-6,8,14H,3-4,7,9H2,1-2H3. The average molecular weight is 319 g/mol. The topological polar surface area (TPSA) is 21.3 Å². The Labute approximate surface area is 106 Å². The SMILES string of the molecule is CCCOc1ccc(I)cc1CNCC. The van der Waals surface area contributed by atoms with Crippen LogP contribution in [0, 0.1) is 3.57 Å². The van der Waals surface area contributed by atoms with Crippen LogP contribution in [0.3, 0.4) is 0 Å². The first kappa shape index (κ1) is 12.8. The van der Waals surface area contributed by atoms with Gasteiger partial charge in [-0.05, 0) is 53.8 Å². The van der Waals surface area contributed by atoms with Crippen LogP contribution in [0.1, 0.15) is 25.8 Å². The van der Waals surface area contributed by atoms with Crippen molar-refractivity contribution in [1.82, 2.24) is 5.32 Å². The van der Waals surface area contributed by atoms with Crippen molar-refractivity contribution in [2.24, 2.45) is 0 Å². The zero-order chi connectivity index (χ0) is 11.1. The average Bonchev–Trinajstić information content (AvgIpc) is 2.25. The molecule has 84 valence electrons. The van der Waals surface area contributed by atoms with E-state index < -0.39 is 0 Å². The molecule has 0 aliphatic rings. The number of ether oxygens (including phenoxy) is 1. The number of hydrogen-bond donors (Lipinski definition) is 1. The maximum Gasteiger partial charge on any atom is 0.123 e. The molecule has 0 spiro atoms. The fourth-order valence-electron chi connectivity index (χ4n) is 1.30. The minimum atomic E-state index is 0.791. The van der Waals surface area contributed by atoms with Crippen LogP contribution < -0.4 is 10.1 Å². The first-order chi connectivity index (χ1) is 7.27. The molecule has 0 aliphatic carbocycles. The van der Waals surface area contributed by atoms with Gasteiger partial charge in [-0.3, -0.25) is 0 Å². The fourth-order valence-corrected chi connectivity index (χ4v) is 1.85. The van der Waals surface area contributed by atoms with Crippen molar-refractivity contribution >= 4 is 22.6 Å². The van der Waals surface area contributed by atoms with Crippen molar-refractivity contribution in [1.29, 1.82) is 0 Å². The number of rotatable bonds is 6. The summed E-state index contributed by atoms with van der Waals surface area (Å²) in [6, 6.07) is 6.32. The molecule has 0 saturated heterocycles. The van der Waals surface area contributed by atoms with Gasteiger partial charge < -0.3 is 10.1 Å². The van der Waals surface area contributed by atoms with Gasteiger partial charge in [0.1, 0.15) is 5.75 Å². The third-order valence-electron chi connectivity index (χ3n) is 2.05. The Kier molecular flexibility index (Phi) is 6.02. The van der Waals surface area contributed by atoms with E-state index in [9.17, 15) is 0 Å². The Morgan fingerprint density at radius 1 is 1.33 bits per heavy atom. The van der Waals surface area contributed by atoms with Gasteiger partial charge in [0.05, 0.1) is 6.61 Å². The summed E-state index contributed by atoms with van der Waals surface area (Å²) in [5, 5.41) is 3.33. The molecule has 15 heavy (non-hydrogen) atoms. The van der Waals surface area contributed by atoms with E-state index in [1.165, 1.54) is 9.13 Å². The third kappa shape index (κ3) is 4.38. The summed E-state index contributed by atoms with van der Waals surface area (Å²) in [5.41, 5.74) is 1.25. The normalized spacial score (nSPS) is 10.3. The molecule has 0 amide bonds. The monoisotopic (exact) mass is 319 g/mol. The first-order valence-electron chi connectivity index (χ1n) is 5.39. The molecule has 1 aromatic rings. The van der Waals surface area contributed by atoms with E-state index in [2.05, 4.69) is 60.0 Å². The molecule has 0 atom stereocenters. The van der Waals surface area contributed by atoms with Crippen LogP contribution in [0.15, 0.2) is 18.2 Å². The smallest absolute Gasteiger partial charge is 0.123 e. The molecule has 3 heteroatoms. The predicted octanol–water partition coefficient (Wildman–Crippen LogP) is 3.19. The highest BCUT2D eigenvalue weighted by molar-refractivity contribution is 14.1. The Bertz CT molecular complexity index is 302. The quantitative estimate of drug-likeness (QED) is 0.813. The van der Waals surface area contributed by atoms with Crippen molar-refractivity contribution in [2.75, 3.05) is 13.2 Å². The highest BCUT2D eigenvalue weighted by atomic mass is 127. The van der Waals surface area contributed by atoms with Crippen molar-refractivity contribution in [3.8, 4) is 5.75 Å². The van der Waals surface area contributed by atoms with Crippen molar-refractivity contribution < 1.29 is 4.74 Å². The second-order valence-electron chi connectivity index (χ2n) is 3.38. The van der Waals surface area contributed by atoms with Crippen molar-refractivity contribution in [2.45, 2.75) is 26.8 Å². The first-order valence-corrected chi connectivity index (χ1v) is 6.47. The lowest BCUT2D eigenvalue weighted by Gasteiger charge is -2.11. The van der Waals surface area contributed by atoms with Gasteiger partial charge in [0, 0.05) is 15.7 Å². The van der Waals surface area contributed by atoms with E-state index in [1.54, 1.807) is 0 Å². The molecule has 1 aromatic carbocycles. The minimum absolute atomic E-state index is 0.791. The Morgan fingerprint density at radius 2 is 2.13 bits per heavy atom. The number of hydrogen-bond acceptors (Lipinski definition) is 2. The lowest BCUT2D eigenvalue weighted by molar-refractivity contribution is 0.313. The van der Waals surface area contributed by atoms with Gasteiger partial charge in [-0.25, -0.2) is 0 Å². The summed E-state index contributed by atoms with van der Waals surface area (Å²) < 4.78 is 6.95. The molecule has 0 aliphatic heterocycles. The van der Waals surface area contributed by atoms with E-state index in [-0.39, 0.29) is 0 Å². The minimum Gasteiger partial charge on any atom is -0.493 e. The van der Waals surface area contributed by atoms with Crippen molar-refractivity contribution in [3.63, 3.8) is 0 Å².